The Labute approximate surface area is 198 Å². The fourth-order valence-electron chi connectivity index (χ4n) is 7.72. The summed E-state index contributed by atoms with van der Waals surface area (Å²) in [6.45, 7) is 10.2. The van der Waals surface area contributed by atoms with Gasteiger partial charge in [-0.1, -0.05) is 42.8 Å². The molecule has 3 aromatic carbocycles. The van der Waals surface area contributed by atoms with Gasteiger partial charge in [0.2, 0.25) is 11.2 Å². The summed E-state index contributed by atoms with van der Waals surface area (Å²) < 4.78 is 4.73. The lowest BCUT2D eigenvalue weighted by molar-refractivity contribution is -0.643. The van der Waals surface area contributed by atoms with Crippen LogP contribution in [-0.4, -0.2) is 4.40 Å². The van der Waals surface area contributed by atoms with E-state index in [9.17, 15) is 0 Å². The maximum atomic E-state index is 7.95. The van der Waals surface area contributed by atoms with Crippen molar-refractivity contribution in [3.63, 3.8) is 0 Å². The number of rotatable bonds is 1. The van der Waals surface area contributed by atoms with Crippen LogP contribution in [0.5, 0.6) is 0 Å². The number of para-hydroxylation sites is 1. The van der Waals surface area contributed by atoms with Crippen molar-refractivity contribution >= 4 is 54.7 Å². The van der Waals surface area contributed by atoms with Crippen molar-refractivity contribution in [1.82, 2.24) is 4.40 Å². The molecule has 0 aliphatic heterocycles. The van der Waals surface area contributed by atoms with Gasteiger partial charge in [0.1, 0.15) is 7.05 Å². The first-order valence-corrected chi connectivity index (χ1v) is 12.5. The molecule has 3 aromatic heterocycles. The summed E-state index contributed by atoms with van der Waals surface area (Å²) in [7, 11) is 2.17. The van der Waals surface area contributed by atoms with Crippen molar-refractivity contribution in [2.24, 2.45) is 18.9 Å². The van der Waals surface area contributed by atoms with Crippen molar-refractivity contribution in [1.29, 1.82) is 0 Å². The van der Waals surface area contributed by atoms with E-state index in [0.29, 0.717) is 5.92 Å². The van der Waals surface area contributed by atoms with Crippen LogP contribution in [0.2, 0.25) is 0 Å². The molecule has 0 spiro atoms. The van der Waals surface area contributed by atoms with Gasteiger partial charge in [0.05, 0.1) is 33.9 Å². The lowest BCUT2D eigenvalue weighted by Gasteiger charge is -2.23. The first-order valence-electron chi connectivity index (χ1n) is 12.5. The first kappa shape index (κ1) is 18.7. The largest absolute Gasteiger partial charge is 0.317 e. The molecular formula is C31H26N3+. The summed E-state index contributed by atoms with van der Waals surface area (Å²) in [6, 6.07) is 18.0. The van der Waals surface area contributed by atoms with E-state index in [1.807, 2.05) is 12.1 Å². The summed E-state index contributed by atoms with van der Waals surface area (Å²) in [5.74, 6) is 2.43. The monoisotopic (exact) mass is 440 g/mol. The fraction of sp³-hybridized carbons (Fsp3) is 0.290. The third kappa shape index (κ3) is 2.15. The number of nitrogens with zero attached hydrogens (tertiary/aromatic N) is 3. The average molecular weight is 441 g/mol. The molecular weight excluding hydrogens is 414 g/mol. The molecule has 3 heteroatoms. The molecule has 3 unspecified atom stereocenters. The molecule has 2 bridgehead atoms. The normalized spacial score (nSPS) is 22.2. The van der Waals surface area contributed by atoms with Crippen LogP contribution in [0, 0.1) is 25.3 Å². The van der Waals surface area contributed by atoms with Gasteiger partial charge in [0, 0.05) is 11.5 Å². The van der Waals surface area contributed by atoms with Crippen LogP contribution < -0.4 is 4.57 Å². The lowest BCUT2D eigenvalue weighted by Crippen LogP contribution is -2.29. The molecule has 0 amide bonds. The van der Waals surface area contributed by atoms with E-state index in [4.69, 9.17) is 6.57 Å². The van der Waals surface area contributed by atoms with E-state index < -0.39 is 0 Å². The van der Waals surface area contributed by atoms with Gasteiger partial charge in [-0.15, -0.1) is 0 Å². The van der Waals surface area contributed by atoms with E-state index in [1.54, 1.807) is 0 Å². The number of benzene rings is 3. The minimum absolute atomic E-state index is 0.674. The summed E-state index contributed by atoms with van der Waals surface area (Å²) in [4.78, 5) is 3.97. The molecule has 0 saturated heterocycles. The summed E-state index contributed by atoms with van der Waals surface area (Å²) >= 11 is 0. The number of aromatic nitrogens is 2. The van der Waals surface area contributed by atoms with E-state index in [1.165, 1.54) is 80.3 Å². The minimum atomic E-state index is 0.674. The molecule has 2 saturated carbocycles. The van der Waals surface area contributed by atoms with Crippen molar-refractivity contribution in [2.45, 2.75) is 38.5 Å². The molecule has 8 rings (SSSR count). The highest BCUT2D eigenvalue weighted by molar-refractivity contribution is 6.27. The highest BCUT2D eigenvalue weighted by Crippen LogP contribution is 2.54. The molecule has 0 N–H and O–H groups in total. The second-order valence-corrected chi connectivity index (χ2v) is 10.8. The predicted molar refractivity (Wildman–Crippen MR) is 139 cm³/mol. The van der Waals surface area contributed by atoms with Gasteiger partial charge in [-0.05, 0) is 71.9 Å². The van der Waals surface area contributed by atoms with Crippen LogP contribution in [0.3, 0.4) is 0 Å². The van der Waals surface area contributed by atoms with Crippen molar-refractivity contribution in [3.05, 3.63) is 77.3 Å². The molecule has 2 fully saturated rings. The van der Waals surface area contributed by atoms with Crippen LogP contribution >= 0.6 is 0 Å². The minimum Gasteiger partial charge on any atom is -0.317 e. The standard InChI is InChI=1S/C31H26N3/c1-17-7-10-23-22-5-4-6-25(32-2)29(22)34-26-16-21(24-14-18-8-9-19(24)13-18)15-20-11-12-33(3)31(28(20)26)27(17)30(23)34/h4-7,10-12,15-16,18-19,24H,8-9,13-14H2,1,3H3/q+1. The maximum Gasteiger partial charge on any atom is 0.224 e. The summed E-state index contributed by atoms with van der Waals surface area (Å²) in [5, 5.41) is 6.37. The first-order chi connectivity index (χ1) is 16.6. The Kier molecular flexibility index (Phi) is 3.46. The van der Waals surface area contributed by atoms with Crippen molar-refractivity contribution in [2.75, 3.05) is 0 Å². The van der Waals surface area contributed by atoms with Gasteiger partial charge in [-0.25, -0.2) is 9.41 Å². The Bertz CT molecular complexity index is 1870. The van der Waals surface area contributed by atoms with E-state index in [-0.39, 0.29) is 0 Å². The lowest BCUT2D eigenvalue weighted by atomic mass is 9.82. The van der Waals surface area contributed by atoms with Crippen LogP contribution in [0.4, 0.5) is 5.69 Å². The van der Waals surface area contributed by atoms with Gasteiger partial charge in [-0.2, -0.15) is 0 Å². The fourth-order valence-corrected chi connectivity index (χ4v) is 7.72. The quantitative estimate of drug-likeness (QED) is 0.108. The van der Waals surface area contributed by atoms with Gasteiger partial charge in [-0.3, -0.25) is 0 Å². The molecule has 3 heterocycles. The number of pyridine rings is 2. The van der Waals surface area contributed by atoms with E-state index >= 15 is 0 Å². The Morgan fingerprint density at radius 3 is 2.65 bits per heavy atom. The average Bonchev–Trinajstić information content (AvgIpc) is 3.57. The Balaban J connectivity index is 1.66. The number of fused-ring (bicyclic) bond motifs is 7. The highest BCUT2D eigenvalue weighted by atomic mass is 15.0. The van der Waals surface area contributed by atoms with Crippen LogP contribution in [-0.2, 0) is 7.05 Å². The van der Waals surface area contributed by atoms with Gasteiger partial charge >= 0.3 is 0 Å². The zero-order chi connectivity index (χ0) is 22.7. The van der Waals surface area contributed by atoms with Crippen LogP contribution in [0.15, 0.2) is 54.7 Å². The van der Waals surface area contributed by atoms with Crippen molar-refractivity contribution in [3.8, 4) is 0 Å². The molecule has 0 radical (unpaired) electrons. The molecule has 6 aromatic rings. The third-order valence-electron chi connectivity index (χ3n) is 9.14. The summed E-state index contributed by atoms with van der Waals surface area (Å²) in [6.07, 6.45) is 7.79. The van der Waals surface area contributed by atoms with E-state index in [2.05, 4.69) is 70.4 Å². The number of aryl methyl sites for hydroxylation is 2. The Morgan fingerprint density at radius 2 is 1.85 bits per heavy atom. The third-order valence-corrected chi connectivity index (χ3v) is 9.14. The predicted octanol–water partition coefficient (Wildman–Crippen LogP) is 7.58. The molecule has 164 valence electrons. The molecule has 3 nitrogen and oxygen atoms in total. The zero-order valence-corrected chi connectivity index (χ0v) is 19.6. The van der Waals surface area contributed by atoms with Gasteiger partial charge in [0.15, 0.2) is 6.20 Å². The SMILES string of the molecule is [C-]#[N+]c1cccc2c3ccc(C)c4c3n(c3cc(C5CC6CCC5C6)cc5cc[n+](C)c4c53)c12. The number of hydrogen-bond donors (Lipinski definition) is 0. The molecule has 2 aliphatic rings. The molecule has 2 aliphatic carbocycles. The topological polar surface area (TPSA) is 12.6 Å². The molecule has 3 atom stereocenters. The highest BCUT2D eigenvalue weighted by Gasteiger charge is 2.40. The molecule has 34 heavy (non-hydrogen) atoms. The second-order valence-electron chi connectivity index (χ2n) is 10.8. The second kappa shape index (κ2) is 6.27. The summed E-state index contributed by atoms with van der Waals surface area (Å²) in [5.41, 5.74) is 8.40. The van der Waals surface area contributed by atoms with E-state index in [0.717, 1.165) is 23.0 Å². The zero-order valence-electron chi connectivity index (χ0n) is 19.6. The Morgan fingerprint density at radius 1 is 0.971 bits per heavy atom. The Hall–Kier alpha value is -3.64. The number of hydrogen-bond acceptors (Lipinski definition) is 0. The smallest absolute Gasteiger partial charge is 0.224 e. The van der Waals surface area contributed by atoms with Gasteiger partial charge < -0.3 is 4.40 Å². The van der Waals surface area contributed by atoms with Crippen LogP contribution in [0.1, 0.15) is 42.7 Å². The van der Waals surface area contributed by atoms with Crippen LogP contribution in [0.25, 0.3) is 53.8 Å². The van der Waals surface area contributed by atoms with Crippen molar-refractivity contribution < 1.29 is 4.57 Å². The van der Waals surface area contributed by atoms with Gasteiger partial charge in [0.25, 0.3) is 0 Å². The maximum absolute atomic E-state index is 7.95.